The van der Waals surface area contributed by atoms with Gasteiger partial charge in [0.1, 0.15) is 0 Å². The quantitative estimate of drug-likeness (QED) is 0.743. The Bertz CT molecular complexity index is 302. The third kappa shape index (κ3) is 2.68. The lowest BCUT2D eigenvalue weighted by Gasteiger charge is -2.25. The summed E-state index contributed by atoms with van der Waals surface area (Å²) in [6, 6.07) is 0. The highest BCUT2D eigenvalue weighted by atomic mass is 15.6. The van der Waals surface area contributed by atoms with Gasteiger partial charge >= 0.3 is 0 Å². The van der Waals surface area contributed by atoms with Crippen molar-refractivity contribution in [2.75, 3.05) is 5.32 Å². The van der Waals surface area contributed by atoms with E-state index in [0.717, 1.165) is 0 Å². The van der Waals surface area contributed by atoms with Gasteiger partial charge in [-0.25, -0.2) is 4.68 Å². The molecule has 5 nitrogen and oxygen atoms in total. The Morgan fingerprint density at radius 2 is 1.64 bits per heavy atom. The lowest BCUT2D eigenvalue weighted by atomic mass is 10.1. The zero-order chi connectivity index (χ0) is 11.0. The van der Waals surface area contributed by atoms with E-state index >= 15 is 0 Å². The molecule has 0 bridgehead atoms. The number of aromatic nitrogens is 4. The predicted octanol–water partition coefficient (Wildman–Crippen LogP) is 1.64. The van der Waals surface area contributed by atoms with Crippen LogP contribution in [-0.4, -0.2) is 25.7 Å². The molecule has 0 aliphatic heterocycles. The molecule has 14 heavy (non-hydrogen) atoms. The Labute approximate surface area is 84.9 Å². The molecule has 1 N–H and O–H groups in total. The number of rotatable bonds is 1. The van der Waals surface area contributed by atoms with Crippen molar-refractivity contribution in [3.63, 3.8) is 0 Å². The van der Waals surface area contributed by atoms with E-state index in [1.54, 1.807) is 4.68 Å². The van der Waals surface area contributed by atoms with Crippen molar-refractivity contribution in [2.24, 2.45) is 0 Å². The average molecular weight is 197 g/mol. The molecule has 1 rings (SSSR count). The van der Waals surface area contributed by atoms with Gasteiger partial charge in [-0.15, -0.1) is 0 Å². The van der Waals surface area contributed by atoms with Crippen LogP contribution < -0.4 is 5.32 Å². The van der Waals surface area contributed by atoms with Gasteiger partial charge in [0.05, 0.1) is 5.54 Å². The smallest absolute Gasteiger partial charge is 0.243 e. The van der Waals surface area contributed by atoms with E-state index in [2.05, 4.69) is 62.4 Å². The maximum atomic E-state index is 3.96. The number of hydrogen-bond acceptors (Lipinski definition) is 4. The molecule has 80 valence electrons. The van der Waals surface area contributed by atoms with Gasteiger partial charge in [0.15, 0.2) is 0 Å². The highest BCUT2D eigenvalue weighted by Crippen LogP contribution is 2.18. The second-order valence-electron chi connectivity index (χ2n) is 5.46. The fourth-order valence-corrected chi connectivity index (χ4v) is 1.05. The predicted molar refractivity (Wildman–Crippen MR) is 56.2 cm³/mol. The summed E-state index contributed by atoms with van der Waals surface area (Å²) in [4.78, 5) is 0. The number of anilines is 1. The zero-order valence-corrected chi connectivity index (χ0v) is 9.79. The largest absolute Gasteiger partial charge is 0.348 e. The first kappa shape index (κ1) is 10.9. The minimum atomic E-state index is -0.100. The molecule has 0 amide bonds. The summed E-state index contributed by atoms with van der Waals surface area (Å²) in [5.74, 6) is 0.713. The van der Waals surface area contributed by atoms with Gasteiger partial charge in [-0.1, -0.05) is 5.10 Å². The van der Waals surface area contributed by atoms with Crippen LogP contribution in [0.3, 0.4) is 0 Å². The van der Waals surface area contributed by atoms with Crippen molar-refractivity contribution < 1.29 is 0 Å². The van der Waals surface area contributed by atoms with Gasteiger partial charge in [-0.2, -0.15) is 0 Å². The van der Waals surface area contributed by atoms with Crippen LogP contribution in [0.4, 0.5) is 5.95 Å². The SMILES string of the molecule is CC(C)(C)Nc1nnnn1C(C)(C)C. The lowest BCUT2D eigenvalue weighted by Crippen LogP contribution is -2.32. The minimum absolute atomic E-state index is 0.0300. The third-order valence-electron chi connectivity index (χ3n) is 1.59. The summed E-state index contributed by atoms with van der Waals surface area (Å²) in [5, 5.41) is 14.9. The summed E-state index contributed by atoms with van der Waals surface area (Å²) in [5.41, 5.74) is -0.130. The van der Waals surface area contributed by atoms with Gasteiger partial charge < -0.3 is 5.32 Å². The fourth-order valence-electron chi connectivity index (χ4n) is 1.05. The van der Waals surface area contributed by atoms with Crippen molar-refractivity contribution in [3.05, 3.63) is 0 Å². The van der Waals surface area contributed by atoms with Crippen LogP contribution in [0.1, 0.15) is 41.5 Å². The molecule has 1 heterocycles. The fraction of sp³-hybridized carbons (Fsp3) is 0.889. The normalized spacial score (nSPS) is 13.0. The monoisotopic (exact) mass is 197 g/mol. The van der Waals surface area contributed by atoms with Crippen molar-refractivity contribution in [1.82, 2.24) is 20.2 Å². The summed E-state index contributed by atoms with van der Waals surface area (Å²) in [7, 11) is 0. The summed E-state index contributed by atoms with van der Waals surface area (Å²) >= 11 is 0. The van der Waals surface area contributed by atoms with Gasteiger partial charge in [-0.05, 0) is 52.0 Å². The molecule has 1 aromatic heterocycles. The Hall–Kier alpha value is -1.13. The Balaban J connectivity index is 2.95. The molecule has 0 saturated heterocycles. The van der Waals surface area contributed by atoms with Crippen LogP contribution >= 0.6 is 0 Å². The van der Waals surface area contributed by atoms with Gasteiger partial charge in [0.2, 0.25) is 5.95 Å². The number of tetrazole rings is 1. The van der Waals surface area contributed by atoms with Crippen LogP contribution in [0.15, 0.2) is 0 Å². The van der Waals surface area contributed by atoms with E-state index in [1.165, 1.54) is 0 Å². The van der Waals surface area contributed by atoms with Crippen LogP contribution in [0.25, 0.3) is 0 Å². The lowest BCUT2D eigenvalue weighted by molar-refractivity contribution is 0.349. The van der Waals surface area contributed by atoms with E-state index < -0.39 is 0 Å². The molecular formula is C9H19N5. The molecule has 0 spiro atoms. The molecule has 5 heteroatoms. The topological polar surface area (TPSA) is 55.6 Å². The Kier molecular flexibility index (Phi) is 2.52. The van der Waals surface area contributed by atoms with Gasteiger partial charge in [-0.3, -0.25) is 0 Å². The highest BCUT2D eigenvalue weighted by Gasteiger charge is 2.22. The van der Waals surface area contributed by atoms with Crippen LogP contribution in [0, 0.1) is 0 Å². The molecule has 1 aromatic rings. The summed E-state index contributed by atoms with van der Waals surface area (Å²) < 4.78 is 1.79. The maximum Gasteiger partial charge on any atom is 0.243 e. The van der Waals surface area contributed by atoms with Crippen LogP contribution in [0.2, 0.25) is 0 Å². The molecule has 0 fully saturated rings. The van der Waals surface area contributed by atoms with Crippen molar-refractivity contribution >= 4 is 5.95 Å². The first-order chi connectivity index (χ1) is 6.20. The average Bonchev–Trinajstić information content (AvgIpc) is 2.29. The highest BCUT2D eigenvalue weighted by molar-refractivity contribution is 5.26. The van der Waals surface area contributed by atoms with E-state index in [1.807, 2.05) is 0 Å². The summed E-state index contributed by atoms with van der Waals surface area (Å²) in [6.07, 6.45) is 0. The van der Waals surface area contributed by atoms with Gasteiger partial charge in [0.25, 0.3) is 0 Å². The van der Waals surface area contributed by atoms with E-state index in [0.29, 0.717) is 5.95 Å². The Morgan fingerprint density at radius 3 is 2.07 bits per heavy atom. The van der Waals surface area contributed by atoms with Crippen molar-refractivity contribution in [2.45, 2.75) is 52.6 Å². The standard InChI is InChI=1S/C9H19N5/c1-8(2,3)10-7-11-12-13-14(7)9(4,5)6/h1-6H3,(H,10,11,13). The molecular weight excluding hydrogens is 178 g/mol. The minimum Gasteiger partial charge on any atom is -0.348 e. The first-order valence-corrected chi connectivity index (χ1v) is 4.77. The molecule has 0 aliphatic carbocycles. The molecule has 0 atom stereocenters. The number of hydrogen-bond donors (Lipinski definition) is 1. The second kappa shape index (κ2) is 3.22. The van der Waals surface area contributed by atoms with Gasteiger partial charge in [0, 0.05) is 5.54 Å². The molecule has 0 aromatic carbocycles. The second-order valence-corrected chi connectivity index (χ2v) is 5.46. The molecule has 0 saturated carbocycles. The zero-order valence-electron chi connectivity index (χ0n) is 9.79. The molecule has 0 unspecified atom stereocenters. The molecule has 0 aliphatic rings. The van der Waals surface area contributed by atoms with Crippen molar-refractivity contribution in [1.29, 1.82) is 0 Å². The maximum absolute atomic E-state index is 3.96. The van der Waals surface area contributed by atoms with E-state index in [4.69, 9.17) is 0 Å². The van der Waals surface area contributed by atoms with E-state index in [-0.39, 0.29) is 11.1 Å². The molecule has 0 radical (unpaired) electrons. The number of nitrogens with one attached hydrogen (secondary N) is 1. The summed E-state index contributed by atoms with van der Waals surface area (Å²) in [6.45, 7) is 12.4. The third-order valence-corrected chi connectivity index (χ3v) is 1.59. The number of nitrogens with zero attached hydrogens (tertiary/aromatic N) is 4. The van der Waals surface area contributed by atoms with Crippen LogP contribution in [-0.2, 0) is 5.54 Å². The van der Waals surface area contributed by atoms with Crippen LogP contribution in [0.5, 0.6) is 0 Å². The van der Waals surface area contributed by atoms with E-state index in [9.17, 15) is 0 Å². The Morgan fingerprint density at radius 1 is 1.07 bits per heavy atom. The van der Waals surface area contributed by atoms with Crippen molar-refractivity contribution in [3.8, 4) is 0 Å². The first-order valence-electron chi connectivity index (χ1n) is 4.77.